The molecule has 1 unspecified atom stereocenters. The van der Waals surface area contributed by atoms with Gasteiger partial charge in [-0.1, -0.05) is 100 Å². The van der Waals surface area contributed by atoms with Gasteiger partial charge in [-0.3, -0.25) is 14.4 Å². The van der Waals surface area contributed by atoms with Gasteiger partial charge in [0, 0.05) is 22.7 Å². The lowest BCUT2D eigenvalue weighted by molar-refractivity contribution is -0.124. The Morgan fingerprint density at radius 3 is 1.89 bits per heavy atom. The molecule has 1 fully saturated rings. The smallest absolute Gasteiger partial charge is 0.252 e. The zero-order valence-electron chi connectivity index (χ0n) is 20.5. The summed E-state index contributed by atoms with van der Waals surface area (Å²) in [7, 11) is 0. The predicted molar refractivity (Wildman–Crippen MR) is 137 cm³/mol. The summed E-state index contributed by atoms with van der Waals surface area (Å²) in [4.78, 5) is 38.5. The third-order valence-electron chi connectivity index (χ3n) is 6.68. The fourth-order valence-electron chi connectivity index (χ4n) is 4.60. The van der Waals surface area contributed by atoms with Crippen LogP contribution in [0.15, 0.2) is 54.6 Å². The van der Waals surface area contributed by atoms with E-state index in [9.17, 15) is 19.5 Å². The summed E-state index contributed by atoms with van der Waals surface area (Å²) in [5.41, 5.74) is 1.20. The number of rotatable bonds is 7. The number of nitrogens with one attached hydrogen (secondary N) is 2. The maximum Gasteiger partial charge on any atom is 0.252 e. The van der Waals surface area contributed by atoms with Gasteiger partial charge in [0.1, 0.15) is 6.04 Å². The molecule has 0 aliphatic heterocycles. The Bertz CT molecular complexity index is 948. The SMILES string of the molecule is O=C(NC(CO)C(=O)NC1CCCCCCCCCCC1)c1cccc(C(=O)c2ccccc2)c1. The molecule has 3 rings (SSSR count). The van der Waals surface area contributed by atoms with Crippen molar-refractivity contribution in [3.05, 3.63) is 71.3 Å². The van der Waals surface area contributed by atoms with Gasteiger partial charge in [-0.25, -0.2) is 0 Å². The third-order valence-corrected chi connectivity index (χ3v) is 6.68. The van der Waals surface area contributed by atoms with Gasteiger partial charge in [-0.15, -0.1) is 0 Å². The molecule has 0 aromatic heterocycles. The Morgan fingerprint density at radius 1 is 0.743 bits per heavy atom. The Kier molecular flexibility index (Phi) is 11.0. The summed E-state index contributed by atoms with van der Waals surface area (Å²) in [6, 6.07) is 14.3. The van der Waals surface area contributed by atoms with Crippen LogP contribution in [0.5, 0.6) is 0 Å². The molecule has 2 amide bonds. The van der Waals surface area contributed by atoms with Crippen LogP contribution in [0, 0.1) is 0 Å². The highest BCUT2D eigenvalue weighted by molar-refractivity contribution is 6.10. The highest BCUT2D eigenvalue weighted by Gasteiger charge is 2.23. The minimum atomic E-state index is -1.04. The normalized spacial score (nSPS) is 16.8. The molecule has 35 heavy (non-hydrogen) atoms. The van der Waals surface area contributed by atoms with Crippen molar-refractivity contribution in [2.45, 2.75) is 82.7 Å². The van der Waals surface area contributed by atoms with E-state index in [-0.39, 0.29) is 23.3 Å². The van der Waals surface area contributed by atoms with E-state index in [0.717, 1.165) is 25.7 Å². The number of aliphatic hydroxyl groups excluding tert-OH is 1. The Morgan fingerprint density at radius 2 is 1.29 bits per heavy atom. The number of amides is 2. The number of ketones is 1. The molecule has 0 radical (unpaired) electrons. The molecular weight excluding hydrogens is 440 g/mol. The topological polar surface area (TPSA) is 95.5 Å². The van der Waals surface area contributed by atoms with Crippen LogP contribution < -0.4 is 10.6 Å². The average molecular weight is 479 g/mol. The van der Waals surface area contributed by atoms with Crippen molar-refractivity contribution in [3.63, 3.8) is 0 Å². The number of hydrogen-bond acceptors (Lipinski definition) is 4. The zero-order chi connectivity index (χ0) is 24.9. The second kappa shape index (κ2) is 14.4. The molecule has 2 aromatic carbocycles. The Hall–Kier alpha value is -2.99. The van der Waals surface area contributed by atoms with E-state index in [1.54, 1.807) is 42.5 Å². The first-order chi connectivity index (χ1) is 17.1. The van der Waals surface area contributed by atoms with Crippen LogP contribution in [0.4, 0.5) is 0 Å². The quantitative estimate of drug-likeness (QED) is 0.498. The highest BCUT2D eigenvalue weighted by atomic mass is 16.3. The first-order valence-corrected chi connectivity index (χ1v) is 13.0. The van der Waals surface area contributed by atoms with Crippen LogP contribution >= 0.6 is 0 Å². The molecule has 6 nitrogen and oxygen atoms in total. The van der Waals surface area contributed by atoms with E-state index in [1.807, 2.05) is 6.07 Å². The molecule has 188 valence electrons. The monoisotopic (exact) mass is 478 g/mol. The molecule has 0 heterocycles. The fourth-order valence-corrected chi connectivity index (χ4v) is 4.60. The van der Waals surface area contributed by atoms with Crippen LogP contribution in [0.2, 0.25) is 0 Å². The molecule has 1 atom stereocenters. The first kappa shape index (κ1) is 26.6. The van der Waals surface area contributed by atoms with Crippen LogP contribution in [0.1, 0.15) is 96.9 Å². The lowest BCUT2D eigenvalue weighted by Crippen LogP contribution is -2.51. The maximum atomic E-state index is 12.9. The van der Waals surface area contributed by atoms with Crippen molar-refractivity contribution >= 4 is 17.6 Å². The largest absolute Gasteiger partial charge is 0.394 e. The second-order valence-corrected chi connectivity index (χ2v) is 9.45. The van der Waals surface area contributed by atoms with E-state index < -0.39 is 18.6 Å². The van der Waals surface area contributed by atoms with E-state index in [1.165, 1.54) is 51.0 Å². The number of hydrogen-bond donors (Lipinski definition) is 3. The number of carbonyl (C=O) groups excluding carboxylic acids is 3. The summed E-state index contributed by atoms with van der Waals surface area (Å²) in [6.45, 7) is -0.493. The van der Waals surface area contributed by atoms with Gasteiger partial charge < -0.3 is 15.7 Å². The third kappa shape index (κ3) is 8.62. The van der Waals surface area contributed by atoms with Crippen molar-refractivity contribution in [1.82, 2.24) is 10.6 Å². The maximum absolute atomic E-state index is 12.9. The molecule has 1 aliphatic carbocycles. The minimum absolute atomic E-state index is 0.0553. The molecule has 2 aromatic rings. The lowest BCUT2D eigenvalue weighted by atomic mass is 9.97. The van der Waals surface area contributed by atoms with E-state index in [0.29, 0.717) is 11.1 Å². The van der Waals surface area contributed by atoms with Gasteiger partial charge in [0.25, 0.3) is 5.91 Å². The Labute approximate surface area is 208 Å². The molecule has 1 saturated carbocycles. The van der Waals surface area contributed by atoms with Gasteiger partial charge in [0.2, 0.25) is 5.91 Å². The molecule has 0 bridgehead atoms. The van der Waals surface area contributed by atoms with Crippen molar-refractivity contribution < 1.29 is 19.5 Å². The van der Waals surface area contributed by atoms with Gasteiger partial charge in [0.05, 0.1) is 6.61 Å². The molecule has 0 spiro atoms. The van der Waals surface area contributed by atoms with E-state index in [2.05, 4.69) is 10.6 Å². The van der Waals surface area contributed by atoms with Gasteiger partial charge in [0.15, 0.2) is 5.78 Å². The zero-order valence-corrected chi connectivity index (χ0v) is 20.5. The van der Waals surface area contributed by atoms with Gasteiger partial charge in [-0.2, -0.15) is 0 Å². The van der Waals surface area contributed by atoms with Crippen molar-refractivity contribution in [3.8, 4) is 0 Å². The number of benzene rings is 2. The Balaban J connectivity index is 1.59. The van der Waals surface area contributed by atoms with Gasteiger partial charge >= 0.3 is 0 Å². The number of aliphatic hydroxyl groups is 1. The summed E-state index contributed by atoms with van der Waals surface area (Å²) in [6.07, 6.45) is 12.7. The summed E-state index contributed by atoms with van der Waals surface area (Å²) in [5, 5.41) is 15.5. The lowest BCUT2D eigenvalue weighted by Gasteiger charge is -2.23. The first-order valence-electron chi connectivity index (χ1n) is 13.0. The van der Waals surface area contributed by atoms with Crippen LogP contribution in [-0.4, -0.2) is 41.4 Å². The molecular formula is C29H38N2O4. The van der Waals surface area contributed by atoms with Crippen LogP contribution in [-0.2, 0) is 4.79 Å². The van der Waals surface area contributed by atoms with Gasteiger partial charge in [-0.05, 0) is 25.0 Å². The average Bonchev–Trinajstić information content (AvgIpc) is 2.88. The van der Waals surface area contributed by atoms with Crippen LogP contribution in [0.25, 0.3) is 0 Å². The standard InChI is InChI=1S/C29H38N2O4/c32-21-26(29(35)30-25-18-11-6-4-2-1-3-5-7-12-19-25)31-28(34)24-17-13-16-23(20-24)27(33)22-14-9-8-10-15-22/h8-10,13-17,20,25-26,32H,1-7,11-12,18-19,21H2,(H,30,35)(H,31,34). The van der Waals surface area contributed by atoms with Crippen molar-refractivity contribution in [1.29, 1.82) is 0 Å². The van der Waals surface area contributed by atoms with E-state index in [4.69, 9.17) is 0 Å². The fraction of sp³-hybridized carbons (Fsp3) is 0.483. The van der Waals surface area contributed by atoms with Crippen LogP contribution in [0.3, 0.4) is 0 Å². The number of carbonyl (C=O) groups is 3. The van der Waals surface area contributed by atoms with Crippen molar-refractivity contribution in [2.24, 2.45) is 0 Å². The summed E-state index contributed by atoms with van der Waals surface area (Å²) < 4.78 is 0. The molecule has 3 N–H and O–H groups in total. The molecule has 1 aliphatic rings. The summed E-state index contributed by atoms with van der Waals surface area (Å²) >= 11 is 0. The minimum Gasteiger partial charge on any atom is -0.394 e. The molecule has 0 saturated heterocycles. The molecule has 6 heteroatoms. The van der Waals surface area contributed by atoms with E-state index >= 15 is 0 Å². The highest BCUT2D eigenvalue weighted by Crippen LogP contribution is 2.17. The van der Waals surface area contributed by atoms with Crippen molar-refractivity contribution in [2.75, 3.05) is 6.61 Å². The summed E-state index contributed by atoms with van der Waals surface area (Å²) in [5.74, 6) is -1.05. The predicted octanol–water partition coefficient (Wildman–Crippen LogP) is 4.80. The second-order valence-electron chi connectivity index (χ2n) is 9.45.